The number of sulfonamides is 1. The normalized spacial score (nSPS) is 20.0. The van der Waals surface area contributed by atoms with Crippen LogP contribution in [0, 0.1) is 0 Å². The summed E-state index contributed by atoms with van der Waals surface area (Å²) in [6.45, 7) is 1.99. The zero-order valence-corrected chi connectivity index (χ0v) is 16.7. The molecule has 29 heavy (non-hydrogen) atoms. The number of fused-ring (bicyclic) bond motifs is 1. The Kier molecular flexibility index (Phi) is 4.96. The number of nitrogens with zero attached hydrogens (tertiary/aromatic N) is 2. The molecule has 0 spiro atoms. The van der Waals surface area contributed by atoms with Gasteiger partial charge in [-0.1, -0.05) is 12.1 Å². The van der Waals surface area contributed by atoms with Gasteiger partial charge in [0.25, 0.3) is 10.0 Å². The molecular formula is C21H20N2O5S. The van der Waals surface area contributed by atoms with Crippen molar-refractivity contribution in [3.63, 3.8) is 0 Å². The summed E-state index contributed by atoms with van der Waals surface area (Å²) in [6.07, 6.45) is 2.21. The van der Waals surface area contributed by atoms with Crippen LogP contribution >= 0.6 is 0 Å². The first-order chi connectivity index (χ1) is 13.9. The molecule has 2 aromatic carbocycles. The minimum Gasteiger partial charge on any atom is -0.425 e. The Bertz CT molecular complexity index is 1110. The summed E-state index contributed by atoms with van der Waals surface area (Å²) >= 11 is 0. The number of esters is 1. The summed E-state index contributed by atoms with van der Waals surface area (Å²) in [5, 5.41) is 0. The van der Waals surface area contributed by atoms with E-state index in [1.54, 1.807) is 47.4 Å². The second kappa shape index (κ2) is 7.44. The largest absolute Gasteiger partial charge is 0.425 e. The Labute approximate surface area is 169 Å². The van der Waals surface area contributed by atoms with Crippen LogP contribution in [0.15, 0.2) is 57.8 Å². The molecule has 4 rings (SSSR count). The molecule has 0 aromatic heterocycles. The van der Waals surface area contributed by atoms with Gasteiger partial charge in [-0.3, -0.25) is 4.79 Å². The first-order valence-electron chi connectivity index (χ1n) is 9.40. The Hall–Kier alpha value is -3.00. The van der Waals surface area contributed by atoms with Crippen LogP contribution in [0.1, 0.15) is 42.1 Å². The SMILES string of the molecule is CC(=O)c1ccc(OC(=O)[C@@H]2CCCCN2C2=NS(=O)(=O)c3ccccc32)cc1. The topological polar surface area (TPSA) is 93.1 Å². The molecular weight excluding hydrogens is 392 g/mol. The monoisotopic (exact) mass is 412 g/mol. The molecule has 0 bridgehead atoms. The molecule has 2 aliphatic rings. The Morgan fingerprint density at radius 2 is 1.79 bits per heavy atom. The van der Waals surface area contributed by atoms with E-state index >= 15 is 0 Å². The van der Waals surface area contributed by atoms with E-state index in [-0.39, 0.29) is 10.7 Å². The Balaban J connectivity index is 1.60. The molecule has 0 aliphatic carbocycles. The molecule has 0 radical (unpaired) electrons. The van der Waals surface area contributed by atoms with Gasteiger partial charge in [-0.05, 0) is 62.6 Å². The minimum atomic E-state index is -3.76. The van der Waals surface area contributed by atoms with Gasteiger partial charge in [0.05, 0.1) is 0 Å². The molecule has 8 heteroatoms. The second-order valence-corrected chi connectivity index (χ2v) is 8.67. The van der Waals surface area contributed by atoms with Crippen molar-refractivity contribution >= 4 is 27.6 Å². The summed E-state index contributed by atoms with van der Waals surface area (Å²) in [5.74, 6) is 0.103. The van der Waals surface area contributed by atoms with Crippen LogP contribution in [-0.4, -0.2) is 43.5 Å². The van der Waals surface area contributed by atoms with E-state index in [4.69, 9.17) is 4.74 Å². The van der Waals surface area contributed by atoms with Crippen molar-refractivity contribution in [3.05, 3.63) is 59.7 Å². The van der Waals surface area contributed by atoms with Crippen LogP contribution in [0.3, 0.4) is 0 Å². The highest BCUT2D eigenvalue weighted by Crippen LogP contribution is 2.31. The molecule has 2 aromatic rings. The number of amidine groups is 1. The summed E-state index contributed by atoms with van der Waals surface area (Å²) < 4.78 is 34.3. The average Bonchev–Trinajstić information content (AvgIpc) is 2.99. The molecule has 2 heterocycles. The number of hydrogen-bond donors (Lipinski definition) is 0. The number of ketones is 1. The maximum atomic E-state index is 12.9. The van der Waals surface area contributed by atoms with Crippen LogP contribution in [-0.2, 0) is 14.8 Å². The molecule has 0 amide bonds. The second-order valence-electron chi connectivity index (χ2n) is 7.09. The molecule has 2 aliphatic heterocycles. The summed E-state index contributed by atoms with van der Waals surface area (Å²) in [6, 6.07) is 12.4. The van der Waals surface area contributed by atoms with Crippen LogP contribution in [0.4, 0.5) is 0 Å². The molecule has 150 valence electrons. The predicted molar refractivity (Wildman–Crippen MR) is 107 cm³/mol. The standard InChI is InChI=1S/C21H20N2O5S/c1-14(24)15-9-11-16(12-10-15)28-21(25)18-7-4-5-13-23(18)20-17-6-2-3-8-19(17)29(26,27)22-20/h2-3,6,8-12,18H,4-5,7,13H2,1H3/t18-/m0/s1. The van der Waals surface area contributed by atoms with Gasteiger partial charge in [-0.25, -0.2) is 4.79 Å². The van der Waals surface area contributed by atoms with Gasteiger partial charge in [0, 0.05) is 17.7 Å². The lowest BCUT2D eigenvalue weighted by Crippen LogP contribution is -2.49. The lowest BCUT2D eigenvalue weighted by atomic mass is 10.0. The Morgan fingerprint density at radius 1 is 1.07 bits per heavy atom. The number of piperidine rings is 1. The van der Waals surface area contributed by atoms with Crippen molar-refractivity contribution in [3.8, 4) is 5.75 Å². The number of rotatable bonds is 3. The van der Waals surface area contributed by atoms with E-state index in [0.717, 1.165) is 12.8 Å². The third-order valence-electron chi connectivity index (χ3n) is 5.14. The van der Waals surface area contributed by atoms with Crippen molar-refractivity contribution < 1.29 is 22.7 Å². The highest BCUT2D eigenvalue weighted by molar-refractivity contribution is 7.90. The lowest BCUT2D eigenvalue weighted by Gasteiger charge is -2.35. The van der Waals surface area contributed by atoms with E-state index in [1.807, 2.05) is 0 Å². The molecule has 0 N–H and O–H groups in total. The number of benzene rings is 2. The Morgan fingerprint density at radius 3 is 2.52 bits per heavy atom. The van der Waals surface area contributed by atoms with Gasteiger partial charge in [-0.2, -0.15) is 8.42 Å². The minimum absolute atomic E-state index is 0.0690. The smallest absolute Gasteiger partial charge is 0.334 e. The van der Waals surface area contributed by atoms with E-state index in [1.165, 1.54) is 13.0 Å². The fourth-order valence-corrected chi connectivity index (χ4v) is 4.88. The van der Waals surface area contributed by atoms with Crippen molar-refractivity contribution in [2.45, 2.75) is 37.1 Å². The van der Waals surface area contributed by atoms with Crippen molar-refractivity contribution in [1.82, 2.24) is 4.90 Å². The van der Waals surface area contributed by atoms with Crippen molar-refractivity contribution in [1.29, 1.82) is 0 Å². The fraction of sp³-hybridized carbons (Fsp3) is 0.286. The number of likely N-dealkylation sites (tertiary alicyclic amines) is 1. The van der Waals surface area contributed by atoms with Gasteiger partial charge < -0.3 is 9.64 Å². The molecule has 7 nitrogen and oxygen atoms in total. The summed E-state index contributed by atoms with van der Waals surface area (Å²) in [5.41, 5.74) is 1.05. The number of ether oxygens (including phenoxy) is 1. The fourth-order valence-electron chi connectivity index (χ4n) is 3.67. The van der Waals surface area contributed by atoms with E-state index in [2.05, 4.69) is 4.40 Å². The number of Topliss-reactive ketones (excluding diaryl/α,β-unsaturated/α-hetero) is 1. The lowest BCUT2D eigenvalue weighted by molar-refractivity contribution is -0.139. The maximum Gasteiger partial charge on any atom is 0.334 e. The van der Waals surface area contributed by atoms with Crippen LogP contribution in [0.5, 0.6) is 5.75 Å². The predicted octanol–water partition coefficient (Wildman–Crippen LogP) is 2.80. The molecule has 0 unspecified atom stereocenters. The average molecular weight is 412 g/mol. The highest BCUT2D eigenvalue weighted by Gasteiger charge is 2.38. The van der Waals surface area contributed by atoms with Gasteiger partial charge in [0.1, 0.15) is 16.7 Å². The first-order valence-corrected chi connectivity index (χ1v) is 10.8. The summed E-state index contributed by atoms with van der Waals surface area (Å²) in [4.78, 5) is 26.2. The number of hydrogen-bond acceptors (Lipinski definition) is 6. The third kappa shape index (κ3) is 3.67. The van der Waals surface area contributed by atoms with Crippen molar-refractivity contribution in [2.75, 3.05) is 6.54 Å². The van der Waals surface area contributed by atoms with E-state index in [9.17, 15) is 18.0 Å². The molecule has 1 atom stereocenters. The van der Waals surface area contributed by atoms with Gasteiger partial charge >= 0.3 is 5.97 Å². The quantitative estimate of drug-likeness (QED) is 0.437. The maximum absolute atomic E-state index is 12.9. The van der Waals surface area contributed by atoms with Gasteiger partial charge in [0.2, 0.25) is 0 Å². The van der Waals surface area contributed by atoms with Gasteiger partial charge in [0.15, 0.2) is 11.6 Å². The van der Waals surface area contributed by atoms with Crippen LogP contribution < -0.4 is 4.74 Å². The summed E-state index contributed by atoms with van der Waals surface area (Å²) in [7, 11) is -3.76. The molecule has 0 saturated carbocycles. The van der Waals surface area contributed by atoms with Gasteiger partial charge in [-0.15, -0.1) is 4.40 Å². The molecule has 1 fully saturated rings. The van der Waals surface area contributed by atoms with Crippen molar-refractivity contribution in [2.24, 2.45) is 4.40 Å². The first kappa shape index (κ1) is 19.3. The highest BCUT2D eigenvalue weighted by atomic mass is 32.2. The van der Waals surface area contributed by atoms with Crippen LogP contribution in [0.25, 0.3) is 0 Å². The zero-order chi connectivity index (χ0) is 20.6. The number of carbonyl (C=O) groups is 2. The van der Waals surface area contributed by atoms with E-state index in [0.29, 0.717) is 35.7 Å². The van der Waals surface area contributed by atoms with Crippen LogP contribution in [0.2, 0.25) is 0 Å². The molecule has 1 saturated heterocycles. The zero-order valence-electron chi connectivity index (χ0n) is 15.9. The number of carbonyl (C=O) groups excluding carboxylic acids is 2. The van der Waals surface area contributed by atoms with E-state index < -0.39 is 22.0 Å². The third-order valence-corrected chi connectivity index (χ3v) is 6.46.